The summed E-state index contributed by atoms with van der Waals surface area (Å²) in [4.78, 5) is 3.95. The Hall–Kier alpha value is -1.09. The zero-order valence-corrected chi connectivity index (χ0v) is 7.66. The Morgan fingerprint density at radius 3 is 3.00 bits per heavy atom. The normalized spacial score (nSPS) is 16.9. The minimum absolute atomic E-state index is 0.715. The van der Waals surface area contributed by atoms with Crippen LogP contribution in [-0.2, 0) is 6.54 Å². The molecule has 3 nitrogen and oxygen atoms in total. The molecule has 1 saturated carbocycles. The molecular formula is C10H15N3. The Labute approximate surface area is 78.4 Å². The van der Waals surface area contributed by atoms with Crippen molar-refractivity contribution in [2.45, 2.75) is 31.8 Å². The number of aromatic nitrogens is 1. The monoisotopic (exact) mass is 177 g/mol. The summed E-state index contributed by atoms with van der Waals surface area (Å²) in [6, 6.07) is 2.69. The lowest BCUT2D eigenvalue weighted by Crippen LogP contribution is -2.34. The quantitative estimate of drug-likeness (QED) is 0.731. The molecule has 0 atom stereocenters. The van der Waals surface area contributed by atoms with Gasteiger partial charge in [0.25, 0.3) is 0 Å². The van der Waals surface area contributed by atoms with Crippen molar-refractivity contribution in [3.05, 3.63) is 24.0 Å². The summed E-state index contributed by atoms with van der Waals surface area (Å²) >= 11 is 0. The number of nitrogens with two attached hydrogens (primary N) is 1. The molecule has 1 aliphatic carbocycles. The molecule has 0 amide bonds. The van der Waals surface area contributed by atoms with Crippen molar-refractivity contribution in [3.63, 3.8) is 0 Å². The van der Waals surface area contributed by atoms with E-state index in [4.69, 9.17) is 5.73 Å². The highest BCUT2D eigenvalue weighted by molar-refractivity contribution is 5.43. The topological polar surface area (TPSA) is 50.9 Å². The molecule has 0 aliphatic heterocycles. The van der Waals surface area contributed by atoms with Crippen LogP contribution in [0.25, 0.3) is 0 Å². The van der Waals surface area contributed by atoms with Gasteiger partial charge in [0.15, 0.2) is 0 Å². The summed E-state index contributed by atoms with van der Waals surface area (Å²) in [5, 5.41) is 3.47. The Morgan fingerprint density at radius 2 is 2.38 bits per heavy atom. The van der Waals surface area contributed by atoms with Gasteiger partial charge in [0, 0.05) is 18.8 Å². The molecule has 0 spiro atoms. The van der Waals surface area contributed by atoms with Gasteiger partial charge in [-0.3, -0.25) is 4.98 Å². The standard InChI is InChI=1S/C10H15N3/c11-10-7-12-5-4-8(10)6-13-9-2-1-3-9/h4-5,7,9,13H,1-3,6,11H2. The highest BCUT2D eigenvalue weighted by Crippen LogP contribution is 2.19. The number of hydrogen-bond donors (Lipinski definition) is 2. The minimum Gasteiger partial charge on any atom is -0.397 e. The van der Waals surface area contributed by atoms with Crippen LogP contribution in [0, 0.1) is 0 Å². The molecule has 1 aromatic rings. The first-order valence-electron chi connectivity index (χ1n) is 4.78. The number of pyridine rings is 1. The molecule has 1 fully saturated rings. The van der Waals surface area contributed by atoms with E-state index >= 15 is 0 Å². The third kappa shape index (κ3) is 1.98. The van der Waals surface area contributed by atoms with Gasteiger partial charge >= 0.3 is 0 Å². The molecule has 0 aromatic carbocycles. The van der Waals surface area contributed by atoms with Crippen molar-refractivity contribution in [1.29, 1.82) is 0 Å². The molecule has 0 bridgehead atoms. The van der Waals surface area contributed by atoms with E-state index in [1.165, 1.54) is 19.3 Å². The fraction of sp³-hybridized carbons (Fsp3) is 0.500. The molecule has 1 heterocycles. The summed E-state index contributed by atoms with van der Waals surface area (Å²) in [7, 11) is 0. The predicted octanol–water partition coefficient (Wildman–Crippen LogP) is 1.31. The summed E-state index contributed by atoms with van der Waals surface area (Å²) in [5.41, 5.74) is 7.70. The highest BCUT2D eigenvalue weighted by atomic mass is 14.9. The van der Waals surface area contributed by atoms with Crippen molar-refractivity contribution in [3.8, 4) is 0 Å². The molecule has 70 valence electrons. The largest absolute Gasteiger partial charge is 0.397 e. The first-order valence-corrected chi connectivity index (χ1v) is 4.78. The maximum absolute atomic E-state index is 5.76. The smallest absolute Gasteiger partial charge is 0.0546 e. The van der Waals surface area contributed by atoms with Gasteiger partial charge in [0.1, 0.15) is 0 Å². The van der Waals surface area contributed by atoms with Gasteiger partial charge in [-0.2, -0.15) is 0 Å². The maximum Gasteiger partial charge on any atom is 0.0546 e. The molecule has 0 radical (unpaired) electrons. The molecule has 3 heteroatoms. The van der Waals surface area contributed by atoms with Gasteiger partial charge in [-0.15, -0.1) is 0 Å². The second-order valence-electron chi connectivity index (χ2n) is 3.58. The average Bonchev–Trinajstić information content (AvgIpc) is 2.05. The molecule has 0 saturated heterocycles. The van der Waals surface area contributed by atoms with E-state index in [1.54, 1.807) is 12.4 Å². The maximum atomic E-state index is 5.76. The number of nitrogen functional groups attached to an aromatic ring is 1. The van der Waals surface area contributed by atoms with Gasteiger partial charge in [-0.05, 0) is 24.5 Å². The van der Waals surface area contributed by atoms with E-state index in [9.17, 15) is 0 Å². The highest BCUT2D eigenvalue weighted by Gasteiger charge is 2.16. The number of nitrogens with one attached hydrogen (secondary N) is 1. The fourth-order valence-electron chi connectivity index (χ4n) is 1.46. The second kappa shape index (κ2) is 3.75. The summed E-state index contributed by atoms with van der Waals surface area (Å²) in [6.07, 6.45) is 7.48. The van der Waals surface area contributed by atoms with Gasteiger partial charge in [0.2, 0.25) is 0 Å². The molecule has 1 aromatic heterocycles. The zero-order valence-electron chi connectivity index (χ0n) is 7.66. The van der Waals surface area contributed by atoms with Crippen molar-refractivity contribution in [1.82, 2.24) is 10.3 Å². The van der Waals surface area contributed by atoms with Crippen LogP contribution in [0.15, 0.2) is 18.5 Å². The minimum atomic E-state index is 0.715. The molecule has 3 N–H and O–H groups in total. The lowest BCUT2D eigenvalue weighted by molar-refractivity contribution is 0.338. The van der Waals surface area contributed by atoms with Crippen molar-refractivity contribution < 1.29 is 0 Å². The number of anilines is 1. The van der Waals surface area contributed by atoms with E-state index in [2.05, 4.69) is 10.3 Å². The van der Waals surface area contributed by atoms with Gasteiger partial charge in [-0.1, -0.05) is 6.42 Å². The fourth-order valence-corrected chi connectivity index (χ4v) is 1.46. The van der Waals surface area contributed by atoms with Crippen LogP contribution in [0.5, 0.6) is 0 Å². The van der Waals surface area contributed by atoms with Crippen molar-refractivity contribution in [2.24, 2.45) is 0 Å². The van der Waals surface area contributed by atoms with Crippen LogP contribution in [0.2, 0.25) is 0 Å². The Bertz CT molecular complexity index is 281. The Kier molecular flexibility index (Phi) is 2.45. The van der Waals surface area contributed by atoms with Gasteiger partial charge < -0.3 is 11.1 Å². The van der Waals surface area contributed by atoms with E-state index in [0.717, 1.165) is 17.8 Å². The zero-order chi connectivity index (χ0) is 9.10. The summed E-state index contributed by atoms with van der Waals surface area (Å²) in [5.74, 6) is 0. The molecule has 1 aliphatic rings. The van der Waals surface area contributed by atoms with E-state index in [-0.39, 0.29) is 0 Å². The summed E-state index contributed by atoms with van der Waals surface area (Å²) < 4.78 is 0. The lowest BCUT2D eigenvalue weighted by Gasteiger charge is -2.26. The third-order valence-corrected chi connectivity index (χ3v) is 2.63. The van der Waals surface area contributed by atoms with Crippen LogP contribution in [0.4, 0.5) is 5.69 Å². The van der Waals surface area contributed by atoms with Crippen LogP contribution in [0.1, 0.15) is 24.8 Å². The van der Waals surface area contributed by atoms with Crippen molar-refractivity contribution >= 4 is 5.69 Å². The van der Waals surface area contributed by atoms with Crippen LogP contribution < -0.4 is 11.1 Å². The Morgan fingerprint density at radius 1 is 1.54 bits per heavy atom. The van der Waals surface area contributed by atoms with Crippen LogP contribution in [0.3, 0.4) is 0 Å². The van der Waals surface area contributed by atoms with Crippen LogP contribution >= 0.6 is 0 Å². The van der Waals surface area contributed by atoms with E-state index in [0.29, 0.717) is 6.04 Å². The first-order chi connectivity index (χ1) is 6.36. The SMILES string of the molecule is Nc1cnccc1CNC1CCC1. The molecule has 2 rings (SSSR count). The number of rotatable bonds is 3. The average molecular weight is 177 g/mol. The lowest BCUT2D eigenvalue weighted by atomic mass is 9.93. The third-order valence-electron chi connectivity index (χ3n) is 2.63. The molecule has 13 heavy (non-hydrogen) atoms. The van der Waals surface area contributed by atoms with Crippen LogP contribution in [-0.4, -0.2) is 11.0 Å². The Balaban J connectivity index is 1.89. The molecule has 0 unspecified atom stereocenters. The number of nitrogens with zero attached hydrogens (tertiary/aromatic N) is 1. The molecular weight excluding hydrogens is 162 g/mol. The van der Waals surface area contributed by atoms with E-state index in [1.807, 2.05) is 6.07 Å². The summed E-state index contributed by atoms with van der Waals surface area (Å²) in [6.45, 7) is 0.874. The number of hydrogen-bond acceptors (Lipinski definition) is 3. The first kappa shape index (κ1) is 8.51. The van der Waals surface area contributed by atoms with Gasteiger partial charge in [0.05, 0.1) is 11.9 Å². The van der Waals surface area contributed by atoms with E-state index < -0.39 is 0 Å². The van der Waals surface area contributed by atoms with Gasteiger partial charge in [-0.25, -0.2) is 0 Å². The second-order valence-corrected chi connectivity index (χ2v) is 3.58. The van der Waals surface area contributed by atoms with Crippen molar-refractivity contribution in [2.75, 3.05) is 5.73 Å². The predicted molar refractivity (Wildman–Crippen MR) is 53.1 cm³/mol.